The van der Waals surface area contributed by atoms with Crippen LogP contribution in [0.4, 0.5) is 5.13 Å². The molecule has 17 heavy (non-hydrogen) atoms. The van der Waals surface area contributed by atoms with Gasteiger partial charge in [-0.3, -0.25) is 0 Å². The van der Waals surface area contributed by atoms with Crippen molar-refractivity contribution >= 4 is 32.4 Å². The van der Waals surface area contributed by atoms with Gasteiger partial charge in [0.2, 0.25) is 0 Å². The van der Waals surface area contributed by atoms with Crippen molar-refractivity contribution in [3.05, 3.63) is 43.9 Å². The fraction of sp³-hybridized carbons (Fsp3) is 0.308. The highest BCUT2D eigenvalue weighted by Gasteiger charge is 2.11. The Bertz CT molecular complexity index is 538. The number of anilines is 1. The van der Waals surface area contributed by atoms with E-state index in [1.54, 1.807) is 0 Å². The number of thiazole rings is 1. The van der Waals surface area contributed by atoms with Crippen molar-refractivity contribution < 1.29 is 0 Å². The average Bonchev–Trinajstić information content (AvgIpc) is 2.51. The molecule has 0 aliphatic carbocycles. The summed E-state index contributed by atoms with van der Waals surface area (Å²) in [6, 6.07) is 4.43. The van der Waals surface area contributed by atoms with Crippen molar-refractivity contribution in [1.29, 1.82) is 0 Å². The molecule has 0 saturated carbocycles. The highest BCUT2D eigenvalue weighted by molar-refractivity contribution is 9.11. The summed E-state index contributed by atoms with van der Waals surface area (Å²) in [5.74, 6) is 0. The molecule has 0 radical (unpaired) electrons. The summed E-state index contributed by atoms with van der Waals surface area (Å²) in [6.07, 6.45) is 0.840. The number of aromatic nitrogens is 1. The van der Waals surface area contributed by atoms with Gasteiger partial charge in [0.1, 0.15) is 0 Å². The van der Waals surface area contributed by atoms with Crippen LogP contribution in [0.5, 0.6) is 0 Å². The van der Waals surface area contributed by atoms with Gasteiger partial charge in [-0.15, -0.1) is 0 Å². The Morgan fingerprint density at radius 1 is 1.24 bits per heavy atom. The third kappa shape index (κ3) is 2.69. The van der Waals surface area contributed by atoms with E-state index < -0.39 is 0 Å². The molecule has 90 valence electrons. The number of nitrogens with two attached hydrogens (primary N) is 1. The minimum absolute atomic E-state index is 0.620. The van der Waals surface area contributed by atoms with Gasteiger partial charge in [0.05, 0.1) is 9.48 Å². The molecule has 2 N–H and O–H groups in total. The van der Waals surface area contributed by atoms with Gasteiger partial charge in [-0.2, -0.15) is 0 Å². The van der Waals surface area contributed by atoms with Crippen LogP contribution in [0.2, 0.25) is 0 Å². The van der Waals surface area contributed by atoms with Crippen LogP contribution in [0.25, 0.3) is 0 Å². The molecule has 0 bridgehead atoms. The molecule has 0 saturated heterocycles. The smallest absolute Gasteiger partial charge is 0.181 e. The third-order valence-electron chi connectivity index (χ3n) is 2.85. The highest BCUT2D eigenvalue weighted by Crippen LogP contribution is 2.29. The van der Waals surface area contributed by atoms with Gasteiger partial charge in [-0.1, -0.05) is 29.0 Å². The Hall–Kier alpha value is -0.870. The van der Waals surface area contributed by atoms with Gasteiger partial charge in [0, 0.05) is 6.42 Å². The number of hydrogen-bond donors (Lipinski definition) is 1. The SMILES string of the molecule is Cc1cc(C)c(Cc2nc(N)sc2Br)c(C)c1. The van der Waals surface area contributed by atoms with Gasteiger partial charge >= 0.3 is 0 Å². The molecule has 0 aliphatic rings. The molecule has 1 heterocycles. The third-order valence-corrected chi connectivity index (χ3v) is 4.51. The molecule has 0 unspecified atom stereocenters. The Morgan fingerprint density at radius 3 is 2.29 bits per heavy atom. The molecule has 0 spiro atoms. The summed E-state index contributed by atoms with van der Waals surface area (Å²) in [4.78, 5) is 4.36. The second kappa shape index (κ2) is 4.78. The maximum Gasteiger partial charge on any atom is 0.181 e. The van der Waals surface area contributed by atoms with Crippen molar-refractivity contribution in [2.75, 3.05) is 5.73 Å². The maximum absolute atomic E-state index is 5.71. The van der Waals surface area contributed by atoms with E-state index in [2.05, 4.69) is 53.8 Å². The van der Waals surface area contributed by atoms with Crippen LogP contribution >= 0.6 is 27.3 Å². The van der Waals surface area contributed by atoms with Gasteiger partial charge in [0.25, 0.3) is 0 Å². The van der Waals surface area contributed by atoms with Crippen LogP contribution in [0.3, 0.4) is 0 Å². The monoisotopic (exact) mass is 310 g/mol. The number of benzene rings is 1. The molecule has 4 heteroatoms. The zero-order valence-electron chi connectivity index (χ0n) is 10.2. The fourth-order valence-corrected chi connectivity index (χ4v) is 3.42. The van der Waals surface area contributed by atoms with Crippen LogP contribution in [0.15, 0.2) is 15.9 Å². The number of rotatable bonds is 2. The standard InChI is InChI=1S/C13H15BrN2S/c1-7-4-8(2)10(9(3)5-7)6-11-12(14)17-13(15)16-11/h4-5H,6H2,1-3H3,(H2,15,16). The van der Waals surface area contributed by atoms with Gasteiger partial charge in [-0.05, 0) is 53.4 Å². The molecule has 1 aromatic heterocycles. The molecule has 2 rings (SSSR count). The highest BCUT2D eigenvalue weighted by atomic mass is 79.9. The molecule has 1 aromatic carbocycles. The number of hydrogen-bond acceptors (Lipinski definition) is 3. The minimum Gasteiger partial charge on any atom is -0.375 e. The zero-order chi connectivity index (χ0) is 12.6. The normalized spacial score (nSPS) is 10.8. The van der Waals surface area contributed by atoms with Crippen LogP contribution < -0.4 is 5.73 Å². The molecule has 0 amide bonds. The van der Waals surface area contributed by atoms with Crippen LogP contribution in [-0.4, -0.2) is 4.98 Å². The molecule has 0 aliphatic heterocycles. The van der Waals surface area contributed by atoms with Gasteiger partial charge in [0.15, 0.2) is 5.13 Å². The molecule has 2 nitrogen and oxygen atoms in total. The van der Waals surface area contributed by atoms with Crippen LogP contribution in [-0.2, 0) is 6.42 Å². The van der Waals surface area contributed by atoms with Crippen LogP contribution in [0.1, 0.15) is 27.9 Å². The lowest BCUT2D eigenvalue weighted by Gasteiger charge is -2.10. The summed E-state index contributed by atoms with van der Waals surface area (Å²) in [5, 5.41) is 0.620. The minimum atomic E-state index is 0.620. The Labute approximate surface area is 114 Å². The predicted octanol–water partition coefficient (Wildman–Crippen LogP) is 4.00. The molecular formula is C13H15BrN2S. The first-order chi connectivity index (χ1) is 7.97. The van der Waals surface area contributed by atoms with Crippen molar-refractivity contribution in [1.82, 2.24) is 4.98 Å². The quantitative estimate of drug-likeness (QED) is 0.910. The van der Waals surface area contributed by atoms with Gasteiger partial charge < -0.3 is 5.73 Å². The van der Waals surface area contributed by atoms with E-state index in [9.17, 15) is 0 Å². The number of nitrogens with zero attached hydrogens (tertiary/aromatic N) is 1. The lowest BCUT2D eigenvalue weighted by Crippen LogP contribution is -1.98. The van der Waals surface area contributed by atoms with Crippen LogP contribution in [0, 0.1) is 20.8 Å². The van der Waals surface area contributed by atoms with E-state index in [4.69, 9.17) is 5.73 Å². The maximum atomic E-state index is 5.71. The van der Waals surface area contributed by atoms with E-state index >= 15 is 0 Å². The van der Waals surface area contributed by atoms with Crippen molar-refractivity contribution in [3.8, 4) is 0 Å². The van der Waals surface area contributed by atoms with E-state index in [1.165, 1.54) is 33.6 Å². The number of aryl methyl sites for hydroxylation is 3. The average molecular weight is 311 g/mol. The summed E-state index contributed by atoms with van der Waals surface area (Å²) in [6.45, 7) is 6.43. The lowest BCUT2D eigenvalue weighted by atomic mass is 9.96. The largest absolute Gasteiger partial charge is 0.375 e. The molecule has 0 atom stereocenters. The van der Waals surface area contributed by atoms with Crippen molar-refractivity contribution in [2.24, 2.45) is 0 Å². The summed E-state index contributed by atoms with van der Waals surface area (Å²) < 4.78 is 1.04. The topological polar surface area (TPSA) is 38.9 Å². The fourth-order valence-electron chi connectivity index (χ4n) is 2.12. The van der Waals surface area contributed by atoms with E-state index in [-0.39, 0.29) is 0 Å². The molecule has 2 aromatic rings. The first-order valence-electron chi connectivity index (χ1n) is 5.44. The first-order valence-corrected chi connectivity index (χ1v) is 7.05. The second-order valence-corrected chi connectivity index (χ2v) is 6.68. The van der Waals surface area contributed by atoms with Crippen molar-refractivity contribution in [3.63, 3.8) is 0 Å². The van der Waals surface area contributed by atoms with Gasteiger partial charge in [-0.25, -0.2) is 4.98 Å². The zero-order valence-corrected chi connectivity index (χ0v) is 12.6. The van der Waals surface area contributed by atoms with E-state index in [1.807, 2.05) is 0 Å². The van der Waals surface area contributed by atoms with E-state index in [0.29, 0.717) is 5.13 Å². The Kier molecular flexibility index (Phi) is 3.54. The lowest BCUT2D eigenvalue weighted by molar-refractivity contribution is 1.06. The number of halogens is 1. The number of nitrogen functional groups attached to an aromatic ring is 1. The second-order valence-electron chi connectivity index (χ2n) is 4.33. The summed E-state index contributed by atoms with van der Waals surface area (Å²) in [7, 11) is 0. The predicted molar refractivity (Wildman–Crippen MR) is 77.7 cm³/mol. The summed E-state index contributed by atoms with van der Waals surface area (Å²) >= 11 is 5.00. The van der Waals surface area contributed by atoms with E-state index in [0.717, 1.165) is 15.9 Å². The first kappa shape index (κ1) is 12.6. The molecule has 0 fully saturated rings. The molecular weight excluding hydrogens is 296 g/mol. The summed E-state index contributed by atoms with van der Waals surface area (Å²) in [5.41, 5.74) is 12.0. The Morgan fingerprint density at radius 2 is 1.82 bits per heavy atom. The Balaban J connectivity index is 2.39. The van der Waals surface area contributed by atoms with Crippen molar-refractivity contribution in [2.45, 2.75) is 27.2 Å².